The Bertz CT molecular complexity index is 1260. The van der Waals surface area contributed by atoms with Crippen LogP contribution in [0, 0.1) is 13.8 Å². The third-order valence-corrected chi connectivity index (χ3v) is 6.44. The minimum atomic E-state index is -0.442. The van der Waals surface area contributed by atoms with Gasteiger partial charge in [0, 0.05) is 34.9 Å². The Morgan fingerprint density at radius 2 is 1.88 bits per heavy atom. The number of anilines is 1. The predicted molar refractivity (Wildman–Crippen MR) is 129 cm³/mol. The van der Waals surface area contributed by atoms with E-state index in [1.807, 2.05) is 56.4 Å². The number of fused-ring (bicyclic) bond motifs is 1. The summed E-state index contributed by atoms with van der Waals surface area (Å²) in [7, 11) is 0. The Hall–Kier alpha value is -3.32. The number of benzene rings is 2. The molecule has 0 aliphatic carbocycles. The third-order valence-electron chi connectivity index (χ3n) is 5.54. The van der Waals surface area contributed by atoms with E-state index in [9.17, 15) is 14.4 Å². The van der Waals surface area contributed by atoms with Gasteiger partial charge in [0.25, 0.3) is 11.1 Å². The number of nitrogens with one attached hydrogen (secondary N) is 1. The number of amides is 3. The van der Waals surface area contributed by atoms with Gasteiger partial charge in [-0.05, 0) is 67.4 Å². The minimum absolute atomic E-state index is 0.313. The van der Waals surface area contributed by atoms with Crippen LogP contribution in [0.5, 0.6) is 0 Å². The van der Waals surface area contributed by atoms with Gasteiger partial charge in [-0.3, -0.25) is 19.3 Å². The molecular formula is C25H25N3O3S. The van der Waals surface area contributed by atoms with E-state index < -0.39 is 17.1 Å². The number of rotatable bonds is 6. The summed E-state index contributed by atoms with van der Waals surface area (Å²) in [6, 6.07) is 13.6. The SMILES string of the molecule is CCCn1cc(/C=C2\SC(=O)N(CC(=O)Nc3ccc(C)c(C)c3)C2=O)c2ccccc21. The summed E-state index contributed by atoms with van der Waals surface area (Å²) >= 11 is 0.870. The first kappa shape index (κ1) is 21.9. The van der Waals surface area contributed by atoms with Crippen LogP contribution in [-0.2, 0) is 16.1 Å². The minimum Gasteiger partial charge on any atom is -0.347 e. The monoisotopic (exact) mass is 447 g/mol. The maximum atomic E-state index is 12.9. The third kappa shape index (κ3) is 4.34. The van der Waals surface area contributed by atoms with Gasteiger partial charge in [0.1, 0.15) is 6.54 Å². The summed E-state index contributed by atoms with van der Waals surface area (Å²) < 4.78 is 2.16. The molecule has 2 aromatic carbocycles. The molecule has 164 valence electrons. The van der Waals surface area contributed by atoms with Crippen LogP contribution in [0.2, 0.25) is 0 Å². The van der Waals surface area contributed by atoms with Gasteiger partial charge in [-0.2, -0.15) is 0 Å². The van der Waals surface area contributed by atoms with Crippen LogP contribution in [0.4, 0.5) is 10.5 Å². The van der Waals surface area contributed by atoms with E-state index in [2.05, 4.69) is 16.8 Å². The molecule has 1 aromatic heterocycles. The number of carbonyl (C=O) groups is 3. The molecule has 3 aromatic rings. The Morgan fingerprint density at radius 1 is 1.09 bits per heavy atom. The quantitative estimate of drug-likeness (QED) is 0.518. The molecule has 1 saturated heterocycles. The second-order valence-electron chi connectivity index (χ2n) is 7.91. The number of aryl methyl sites for hydroxylation is 3. The molecule has 0 unspecified atom stereocenters. The number of nitrogens with zero attached hydrogens (tertiary/aromatic N) is 2. The summed E-state index contributed by atoms with van der Waals surface area (Å²) in [4.78, 5) is 39.2. The molecule has 4 rings (SSSR count). The standard InChI is InChI=1S/C25H25N3O3S/c1-4-11-27-14-18(20-7-5-6-8-21(20)27)13-22-24(30)28(25(31)32-22)15-23(29)26-19-10-9-16(2)17(3)12-19/h5-10,12-14H,4,11,15H2,1-3H3,(H,26,29)/b22-13-. The van der Waals surface area contributed by atoms with Gasteiger partial charge in [-0.25, -0.2) is 0 Å². The first-order valence-electron chi connectivity index (χ1n) is 10.6. The molecule has 6 nitrogen and oxygen atoms in total. The second-order valence-corrected chi connectivity index (χ2v) is 8.90. The highest BCUT2D eigenvalue weighted by atomic mass is 32.2. The predicted octanol–water partition coefficient (Wildman–Crippen LogP) is 5.34. The largest absolute Gasteiger partial charge is 0.347 e. The van der Waals surface area contributed by atoms with Crippen LogP contribution < -0.4 is 5.32 Å². The van der Waals surface area contributed by atoms with E-state index in [0.717, 1.165) is 57.2 Å². The van der Waals surface area contributed by atoms with Crippen molar-refractivity contribution in [3.05, 3.63) is 70.3 Å². The Morgan fingerprint density at radius 3 is 2.62 bits per heavy atom. The van der Waals surface area contributed by atoms with Crippen LogP contribution in [-0.4, -0.2) is 33.1 Å². The molecular weight excluding hydrogens is 422 g/mol. The van der Waals surface area contributed by atoms with Crippen LogP contribution in [0.1, 0.15) is 30.0 Å². The van der Waals surface area contributed by atoms with E-state index in [1.54, 1.807) is 12.1 Å². The Kier molecular flexibility index (Phi) is 6.19. The van der Waals surface area contributed by atoms with Crippen LogP contribution in [0.15, 0.2) is 53.6 Å². The van der Waals surface area contributed by atoms with Gasteiger partial charge in [0.2, 0.25) is 5.91 Å². The van der Waals surface area contributed by atoms with Crippen molar-refractivity contribution in [1.29, 1.82) is 0 Å². The van der Waals surface area contributed by atoms with Gasteiger partial charge in [-0.15, -0.1) is 0 Å². The fraction of sp³-hybridized carbons (Fsp3) is 0.240. The average Bonchev–Trinajstić information content (AvgIpc) is 3.23. The highest BCUT2D eigenvalue weighted by Gasteiger charge is 2.36. The zero-order valence-electron chi connectivity index (χ0n) is 18.3. The molecule has 1 fully saturated rings. The zero-order chi connectivity index (χ0) is 22.8. The van der Waals surface area contributed by atoms with E-state index in [-0.39, 0.29) is 6.54 Å². The molecule has 0 atom stereocenters. The number of hydrogen-bond donors (Lipinski definition) is 1. The number of carbonyl (C=O) groups excluding carboxylic acids is 3. The fourth-order valence-electron chi connectivity index (χ4n) is 3.76. The maximum Gasteiger partial charge on any atom is 0.294 e. The Labute approximate surface area is 191 Å². The molecule has 0 saturated carbocycles. The second kappa shape index (κ2) is 9.04. The lowest BCUT2D eigenvalue weighted by molar-refractivity contribution is -0.127. The first-order valence-corrected chi connectivity index (χ1v) is 11.4. The number of hydrogen-bond acceptors (Lipinski definition) is 4. The maximum absolute atomic E-state index is 12.9. The summed E-state index contributed by atoms with van der Waals surface area (Å²) in [5, 5.41) is 3.36. The van der Waals surface area contributed by atoms with E-state index in [1.165, 1.54) is 0 Å². The fourth-order valence-corrected chi connectivity index (χ4v) is 4.59. The summed E-state index contributed by atoms with van der Waals surface area (Å²) in [6.07, 6.45) is 4.75. The number of para-hydroxylation sites is 1. The topological polar surface area (TPSA) is 71.4 Å². The molecule has 0 radical (unpaired) electrons. The van der Waals surface area contributed by atoms with Crippen molar-refractivity contribution >= 4 is 51.5 Å². The molecule has 1 N–H and O–H groups in total. The van der Waals surface area contributed by atoms with Gasteiger partial charge < -0.3 is 9.88 Å². The van der Waals surface area contributed by atoms with Crippen molar-refractivity contribution < 1.29 is 14.4 Å². The van der Waals surface area contributed by atoms with Crippen LogP contribution in [0.25, 0.3) is 17.0 Å². The van der Waals surface area contributed by atoms with Gasteiger partial charge in [-0.1, -0.05) is 31.2 Å². The van der Waals surface area contributed by atoms with Crippen molar-refractivity contribution in [2.24, 2.45) is 0 Å². The van der Waals surface area contributed by atoms with Crippen molar-refractivity contribution in [3.63, 3.8) is 0 Å². The highest BCUT2D eigenvalue weighted by molar-refractivity contribution is 8.18. The first-order chi connectivity index (χ1) is 15.4. The molecule has 7 heteroatoms. The summed E-state index contributed by atoms with van der Waals surface area (Å²) in [5.74, 6) is -0.848. The number of imide groups is 1. The lowest BCUT2D eigenvalue weighted by atomic mass is 10.1. The molecule has 0 spiro atoms. The van der Waals surface area contributed by atoms with E-state index in [0.29, 0.717) is 10.6 Å². The molecule has 1 aliphatic heterocycles. The van der Waals surface area contributed by atoms with Gasteiger partial charge in [0.05, 0.1) is 4.91 Å². The van der Waals surface area contributed by atoms with E-state index in [4.69, 9.17) is 0 Å². The molecule has 2 heterocycles. The average molecular weight is 448 g/mol. The van der Waals surface area contributed by atoms with Gasteiger partial charge in [0.15, 0.2) is 0 Å². The van der Waals surface area contributed by atoms with Crippen molar-refractivity contribution in [2.45, 2.75) is 33.7 Å². The lowest BCUT2D eigenvalue weighted by Crippen LogP contribution is -2.36. The molecule has 32 heavy (non-hydrogen) atoms. The Balaban J connectivity index is 1.53. The lowest BCUT2D eigenvalue weighted by Gasteiger charge is -2.13. The summed E-state index contributed by atoms with van der Waals surface area (Å²) in [6.45, 7) is 6.63. The van der Waals surface area contributed by atoms with Crippen molar-refractivity contribution in [1.82, 2.24) is 9.47 Å². The van der Waals surface area contributed by atoms with Crippen molar-refractivity contribution in [2.75, 3.05) is 11.9 Å². The highest BCUT2D eigenvalue weighted by Crippen LogP contribution is 2.34. The normalized spacial score (nSPS) is 15.2. The number of thioether (sulfide) groups is 1. The van der Waals surface area contributed by atoms with Crippen molar-refractivity contribution in [3.8, 4) is 0 Å². The molecule has 3 amide bonds. The molecule has 1 aliphatic rings. The van der Waals surface area contributed by atoms with Crippen LogP contribution >= 0.6 is 11.8 Å². The smallest absolute Gasteiger partial charge is 0.294 e. The zero-order valence-corrected chi connectivity index (χ0v) is 19.2. The molecule has 0 bridgehead atoms. The van der Waals surface area contributed by atoms with Gasteiger partial charge >= 0.3 is 0 Å². The summed E-state index contributed by atoms with van der Waals surface area (Å²) in [5.41, 5.74) is 4.80. The number of aromatic nitrogens is 1. The van der Waals surface area contributed by atoms with E-state index >= 15 is 0 Å². The van der Waals surface area contributed by atoms with Crippen LogP contribution in [0.3, 0.4) is 0 Å².